The first-order valence-electron chi connectivity index (χ1n) is 9.03. The SMILES string of the molecule is CC(=O)N1CCN(C/C=C/c2ccc(Sc3cccc(O)c3)c(Cl)c2Cl)CC1. The number of halogens is 2. The minimum atomic E-state index is 0.139. The third kappa shape index (κ3) is 5.45. The number of hydrogen-bond donors (Lipinski definition) is 1. The number of benzene rings is 2. The fourth-order valence-corrected chi connectivity index (χ4v) is 4.48. The summed E-state index contributed by atoms with van der Waals surface area (Å²) in [6.07, 6.45) is 4.05. The Balaban J connectivity index is 1.61. The highest BCUT2D eigenvalue weighted by Gasteiger charge is 2.17. The van der Waals surface area contributed by atoms with Gasteiger partial charge in [-0.25, -0.2) is 0 Å². The fraction of sp³-hybridized carbons (Fsp3) is 0.286. The van der Waals surface area contributed by atoms with Gasteiger partial charge in [0.15, 0.2) is 0 Å². The van der Waals surface area contributed by atoms with Crippen LogP contribution in [0, 0.1) is 0 Å². The van der Waals surface area contributed by atoms with Crippen LogP contribution in [0.1, 0.15) is 12.5 Å². The molecule has 0 saturated carbocycles. The molecule has 1 saturated heterocycles. The molecule has 1 heterocycles. The van der Waals surface area contributed by atoms with Gasteiger partial charge in [-0.1, -0.05) is 59.2 Å². The molecule has 4 nitrogen and oxygen atoms in total. The summed E-state index contributed by atoms with van der Waals surface area (Å²) in [5.74, 6) is 0.358. The van der Waals surface area contributed by atoms with Crippen LogP contribution in [0.2, 0.25) is 10.0 Å². The Kier molecular flexibility index (Phi) is 7.30. The quantitative estimate of drug-likeness (QED) is 0.713. The summed E-state index contributed by atoms with van der Waals surface area (Å²) in [5.41, 5.74) is 0.870. The fourth-order valence-electron chi connectivity index (χ4n) is 3.00. The van der Waals surface area contributed by atoms with Crippen LogP contribution < -0.4 is 0 Å². The number of hydrogen-bond acceptors (Lipinski definition) is 4. The minimum Gasteiger partial charge on any atom is -0.508 e. The van der Waals surface area contributed by atoms with E-state index in [4.69, 9.17) is 23.2 Å². The third-order valence-electron chi connectivity index (χ3n) is 4.60. The Bertz CT molecular complexity index is 881. The summed E-state index contributed by atoms with van der Waals surface area (Å²) in [4.78, 5) is 17.3. The van der Waals surface area contributed by atoms with E-state index in [1.807, 2.05) is 29.2 Å². The van der Waals surface area contributed by atoms with Gasteiger partial charge in [0, 0.05) is 49.4 Å². The van der Waals surface area contributed by atoms with Gasteiger partial charge in [-0.2, -0.15) is 0 Å². The molecule has 1 fully saturated rings. The van der Waals surface area contributed by atoms with E-state index < -0.39 is 0 Å². The molecule has 0 radical (unpaired) electrons. The maximum Gasteiger partial charge on any atom is 0.219 e. The first kappa shape index (κ1) is 21.1. The molecular weight excluding hydrogens is 415 g/mol. The molecule has 2 aromatic carbocycles. The Morgan fingerprint density at radius 2 is 1.89 bits per heavy atom. The van der Waals surface area contributed by atoms with E-state index in [2.05, 4.69) is 11.0 Å². The van der Waals surface area contributed by atoms with E-state index >= 15 is 0 Å². The van der Waals surface area contributed by atoms with Crippen LogP contribution in [-0.4, -0.2) is 53.5 Å². The van der Waals surface area contributed by atoms with Gasteiger partial charge < -0.3 is 10.0 Å². The van der Waals surface area contributed by atoms with Crippen LogP contribution in [0.3, 0.4) is 0 Å². The summed E-state index contributed by atoms with van der Waals surface area (Å²) < 4.78 is 0. The number of piperazine rings is 1. The Morgan fingerprint density at radius 1 is 1.14 bits per heavy atom. The summed E-state index contributed by atoms with van der Waals surface area (Å²) in [6.45, 7) is 5.71. The lowest BCUT2D eigenvalue weighted by Crippen LogP contribution is -2.47. The second-order valence-electron chi connectivity index (χ2n) is 6.59. The average Bonchev–Trinajstić information content (AvgIpc) is 2.68. The number of amides is 1. The van der Waals surface area contributed by atoms with Crippen LogP contribution in [0.5, 0.6) is 5.75 Å². The van der Waals surface area contributed by atoms with E-state index in [-0.39, 0.29) is 11.7 Å². The van der Waals surface area contributed by atoms with Crippen molar-refractivity contribution < 1.29 is 9.90 Å². The Hall–Kier alpha value is -1.66. The lowest BCUT2D eigenvalue weighted by molar-refractivity contribution is -0.130. The third-order valence-corrected chi connectivity index (χ3v) is 6.66. The lowest BCUT2D eigenvalue weighted by Gasteiger charge is -2.33. The van der Waals surface area contributed by atoms with Gasteiger partial charge in [-0.15, -0.1) is 0 Å². The predicted octanol–water partition coefficient (Wildman–Crippen LogP) is 5.03. The number of aromatic hydroxyl groups is 1. The first-order chi connectivity index (χ1) is 13.4. The zero-order chi connectivity index (χ0) is 20.1. The lowest BCUT2D eigenvalue weighted by atomic mass is 10.2. The highest BCUT2D eigenvalue weighted by molar-refractivity contribution is 7.99. The van der Waals surface area contributed by atoms with Crippen molar-refractivity contribution in [2.24, 2.45) is 0 Å². The summed E-state index contributed by atoms with van der Waals surface area (Å²) >= 11 is 14.4. The zero-order valence-corrected chi connectivity index (χ0v) is 17.9. The number of rotatable bonds is 5. The van der Waals surface area contributed by atoms with Gasteiger partial charge in [-0.3, -0.25) is 9.69 Å². The van der Waals surface area contributed by atoms with Crippen LogP contribution in [-0.2, 0) is 4.79 Å². The highest BCUT2D eigenvalue weighted by atomic mass is 35.5. The van der Waals surface area contributed by atoms with Crippen molar-refractivity contribution in [2.75, 3.05) is 32.7 Å². The molecule has 3 rings (SSSR count). The van der Waals surface area contributed by atoms with Crippen molar-refractivity contribution >= 4 is 46.9 Å². The van der Waals surface area contributed by atoms with E-state index in [0.29, 0.717) is 10.0 Å². The number of phenolic OH excluding ortho intramolecular Hbond substituents is 1. The highest BCUT2D eigenvalue weighted by Crippen LogP contribution is 2.39. The smallest absolute Gasteiger partial charge is 0.219 e. The van der Waals surface area contributed by atoms with Crippen molar-refractivity contribution in [1.82, 2.24) is 9.80 Å². The van der Waals surface area contributed by atoms with Gasteiger partial charge in [0.1, 0.15) is 5.75 Å². The van der Waals surface area contributed by atoms with Crippen LogP contribution in [0.25, 0.3) is 6.08 Å². The molecule has 0 aromatic heterocycles. The standard InChI is InChI=1S/C21H22Cl2N2O2S/c1-15(26)25-12-10-24(11-13-25)9-3-4-16-7-8-19(21(23)20(16)22)28-18-6-2-5-17(27)14-18/h2-8,14,27H,9-13H2,1H3/b4-3+. The zero-order valence-electron chi connectivity index (χ0n) is 15.6. The van der Waals surface area contributed by atoms with E-state index in [9.17, 15) is 9.90 Å². The number of carbonyl (C=O) groups is 1. The van der Waals surface area contributed by atoms with Crippen LogP contribution in [0.15, 0.2) is 52.3 Å². The van der Waals surface area contributed by atoms with Crippen molar-refractivity contribution in [2.45, 2.75) is 16.7 Å². The van der Waals surface area contributed by atoms with Gasteiger partial charge >= 0.3 is 0 Å². The average molecular weight is 437 g/mol. The minimum absolute atomic E-state index is 0.139. The molecular formula is C21H22Cl2N2O2S. The maximum absolute atomic E-state index is 11.4. The number of nitrogens with zero attached hydrogens (tertiary/aromatic N) is 2. The monoisotopic (exact) mass is 436 g/mol. The molecule has 0 spiro atoms. The Morgan fingerprint density at radius 3 is 2.57 bits per heavy atom. The van der Waals surface area contributed by atoms with Gasteiger partial charge in [0.25, 0.3) is 0 Å². The van der Waals surface area contributed by atoms with Crippen molar-refractivity contribution in [1.29, 1.82) is 0 Å². The molecule has 7 heteroatoms. The first-order valence-corrected chi connectivity index (χ1v) is 10.6. The summed E-state index contributed by atoms with van der Waals surface area (Å²) in [7, 11) is 0. The van der Waals surface area contributed by atoms with Crippen molar-refractivity contribution in [3.63, 3.8) is 0 Å². The van der Waals surface area contributed by atoms with Gasteiger partial charge in [0.05, 0.1) is 10.0 Å². The van der Waals surface area contributed by atoms with Crippen LogP contribution in [0.4, 0.5) is 0 Å². The van der Waals surface area contributed by atoms with Gasteiger partial charge in [0.2, 0.25) is 5.91 Å². The molecule has 0 atom stereocenters. The second kappa shape index (κ2) is 9.70. The number of carbonyl (C=O) groups excluding carboxylic acids is 1. The molecule has 0 unspecified atom stereocenters. The second-order valence-corrected chi connectivity index (χ2v) is 8.46. The van der Waals surface area contributed by atoms with E-state index in [0.717, 1.165) is 48.1 Å². The molecule has 1 N–H and O–H groups in total. The largest absolute Gasteiger partial charge is 0.508 e. The van der Waals surface area contributed by atoms with Gasteiger partial charge in [-0.05, 0) is 29.8 Å². The molecule has 0 bridgehead atoms. The molecule has 1 aliphatic rings. The normalized spacial score (nSPS) is 15.3. The molecule has 1 amide bonds. The molecule has 2 aromatic rings. The molecule has 0 aliphatic carbocycles. The van der Waals surface area contributed by atoms with Crippen molar-refractivity contribution in [3.8, 4) is 5.75 Å². The molecule has 148 valence electrons. The topological polar surface area (TPSA) is 43.8 Å². The van der Waals surface area contributed by atoms with E-state index in [1.54, 1.807) is 25.1 Å². The van der Waals surface area contributed by atoms with Crippen LogP contribution >= 0.6 is 35.0 Å². The summed E-state index contributed by atoms with van der Waals surface area (Å²) in [5, 5.41) is 10.6. The maximum atomic E-state index is 11.4. The summed E-state index contributed by atoms with van der Waals surface area (Å²) in [6, 6.07) is 10.9. The number of phenols is 1. The van der Waals surface area contributed by atoms with E-state index in [1.165, 1.54) is 11.8 Å². The van der Waals surface area contributed by atoms with Crippen molar-refractivity contribution in [3.05, 3.63) is 58.1 Å². The predicted molar refractivity (Wildman–Crippen MR) is 116 cm³/mol. The molecule has 1 aliphatic heterocycles. The Labute approximate surface area is 179 Å². The molecule has 28 heavy (non-hydrogen) atoms.